The number of fused-ring (bicyclic) bond motifs is 3. The van der Waals surface area contributed by atoms with Gasteiger partial charge in [0.2, 0.25) is 0 Å². The SMILES string of the molecule is Nc1nc2c(-c3c(Cl)cc4c(N5CCOCC(O)C5)nc(OCC56CCCN5CC(F)C6)nc4c3F)ccc(F)c2s1. The van der Waals surface area contributed by atoms with E-state index in [-0.39, 0.29) is 62.8 Å². The van der Waals surface area contributed by atoms with Crippen molar-refractivity contribution in [3.63, 3.8) is 0 Å². The molecule has 3 saturated heterocycles. The zero-order chi connectivity index (χ0) is 29.2. The number of aliphatic hydroxyl groups excluding tert-OH is 1. The normalized spacial score (nSPS) is 24.9. The Morgan fingerprint density at radius 1 is 1.19 bits per heavy atom. The molecular formula is C28H28ClF3N6O3S. The molecule has 9 nitrogen and oxygen atoms in total. The summed E-state index contributed by atoms with van der Waals surface area (Å²) in [5.74, 6) is -0.961. The first kappa shape index (κ1) is 27.8. The lowest BCUT2D eigenvalue weighted by molar-refractivity contribution is 0.0597. The summed E-state index contributed by atoms with van der Waals surface area (Å²) in [6.45, 7) is 2.35. The number of halogens is 4. The maximum atomic E-state index is 16.6. The van der Waals surface area contributed by atoms with Crippen LogP contribution in [-0.2, 0) is 4.74 Å². The van der Waals surface area contributed by atoms with E-state index in [0.717, 1.165) is 30.7 Å². The lowest BCUT2D eigenvalue weighted by Gasteiger charge is -2.31. The number of β-amino-alcohol motifs (C(OH)–C–C–N with tert-alkyl or cyclic N) is 1. The highest BCUT2D eigenvalue weighted by molar-refractivity contribution is 7.22. The molecule has 14 heteroatoms. The van der Waals surface area contributed by atoms with Crippen molar-refractivity contribution in [3.05, 3.63) is 34.9 Å². The van der Waals surface area contributed by atoms with Gasteiger partial charge >= 0.3 is 6.01 Å². The number of rotatable bonds is 5. The molecular weight excluding hydrogens is 593 g/mol. The van der Waals surface area contributed by atoms with Crippen molar-refractivity contribution in [1.29, 1.82) is 0 Å². The molecule has 4 aromatic rings. The van der Waals surface area contributed by atoms with E-state index in [1.54, 1.807) is 11.0 Å². The first-order valence-electron chi connectivity index (χ1n) is 13.8. The predicted molar refractivity (Wildman–Crippen MR) is 155 cm³/mol. The summed E-state index contributed by atoms with van der Waals surface area (Å²) in [7, 11) is 0. The van der Waals surface area contributed by atoms with Gasteiger partial charge < -0.3 is 25.2 Å². The summed E-state index contributed by atoms with van der Waals surface area (Å²) in [4.78, 5) is 17.3. The van der Waals surface area contributed by atoms with Crippen molar-refractivity contribution in [2.75, 3.05) is 56.6 Å². The van der Waals surface area contributed by atoms with Gasteiger partial charge in [0.15, 0.2) is 10.9 Å². The lowest BCUT2D eigenvalue weighted by atomic mass is 9.95. The number of hydrogen-bond donors (Lipinski definition) is 2. The van der Waals surface area contributed by atoms with E-state index in [4.69, 9.17) is 26.8 Å². The second-order valence-corrected chi connectivity index (χ2v) is 12.6. The maximum Gasteiger partial charge on any atom is 0.319 e. The Hall–Kier alpha value is -2.97. The molecule has 3 aliphatic rings. The molecule has 5 heterocycles. The fraction of sp³-hybridized carbons (Fsp3) is 0.464. The zero-order valence-corrected chi connectivity index (χ0v) is 24.0. The highest BCUT2D eigenvalue weighted by atomic mass is 35.5. The molecule has 0 aliphatic carbocycles. The first-order valence-corrected chi connectivity index (χ1v) is 15.0. The Morgan fingerprint density at radius 2 is 2.05 bits per heavy atom. The van der Waals surface area contributed by atoms with E-state index in [0.29, 0.717) is 37.3 Å². The van der Waals surface area contributed by atoms with Crippen LogP contribution < -0.4 is 15.4 Å². The number of ether oxygens (including phenoxy) is 2. The van der Waals surface area contributed by atoms with Crippen molar-refractivity contribution in [2.45, 2.75) is 37.1 Å². The van der Waals surface area contributed by atoms with Crippen molar-refractivity contribution in [1.82, 2.24) is 19.9 Å². The van der Waals surface area contributed by atoms with Crippen LogP contribution in [0.15, 0.2) is 18.2 Å². The van der Waals surface area contributed by atoms with Crippen molar-refractivity contribution in [3.8, 4) is 17.1 Å². The molecule has 2 aromatic carbocycles. The van der Waals surface area contributed by atoms with Gasteiger partial charge in [0.05, 0.1) is 40.1 Å². The Labute approximate surface area is 248 Å². The van der Waals surface area contributed by atoms with Gasteiger partial charge in [-0.3, -0.25) is 4.90 Å². The molecule has 3 unspecified atom stereocenters. The number of aromatic nitrogens is 3. The minimum atomic E-state index is -0.935. The molecule has 42 heavy (non-hydrogen) atoms. The summed E-state index contributed by atoms with van der Waals surface area (Å²) in [6, 6.07) is 4.12. The number of hydrogen-bond acceptors (Lipinski definition) is 10. The van der Waals surface area contributed by atoms with Crippen LogP contribution in [0.4, 0.5) is 24.1 Å². The number of aliphatic hydroxyl groups is 1. The van der Waals surface area contributed by atoms with Crippen LogP contribution in [-0.4, -0.2) is 88.8 Å². The van der Waals surface area contributed by atoms with Gasteiger partial charge in [0.25, 0.3) is 0 Å². The molecule has 0 saturated carbocycles. The molecule has 0 bridgehead atoms. The number of nitrogen functional groups attached to an aromatic ring is 1. The third-order valence-corrected chi connectivity index (χ3v) is 9.59. The predicted octanol–water partition coefficient (Wildman–Crippen LogP) is 4.57. The smallest absolute Gasteiger partial charge is 0.319 e. The van der Waals surface area contributed by atoms with Gasteiger partial charge in [-0.2, -0.15) is 9.97 Å². The van der Waals surface area contributed by atoms with Crippen LogP contribution in [0.1, 0.15) is 19.3 Å². The molecule has 7 rings (SSSR count). The highest BCUT2D eigenvalue weighted by Gasteiger charge is 2.49. The fourth-order valence-corrected chi connectivity index (χ4v) is 7.60. The molecule has 0 radical (unpaired) electrons. The Balaban J connectivity index is 1.37. The third kappa shape index (κ3) is 4.71. The van der Waals surface area contributed by atoms with Gasteiger partial charge in [-0.05, 0) is 37.6 Å². The minimum Gasteiger partial charge on any atom is -0.461 e. The van der Waals surface area contributed by atoms with Gasteiger partial charge in [0, 0.05) is 42.6 Å². The number of benzene rings is 2. The summed E-state index contributed by atoms with van der Waals surface area (Å²) < 4.78 is 57.3. The van der Waals surface area contributed by atoms with Gasteiger partial charge in [-0.25, -0.2) is 18.2 Å². The quantitative estimate of drug-likeness (QED) is 0.331. The number of thiazole rings is 1. The van der Waals surface area contributed by atoms with E-state index < -0.39 is 29.4 Å². The molecule has 0 amide bonds. The third-order valence-electron chi connectivity index (χ3n) is 8.40. The highest BCUT2D eigenvalue weighted by Crippen LogP contribution is 2.44. The number of alkyl halides is 1. The first-order chi connectivity index (χ1) is 20.2. The second-order valence-electron chi connectivity index (χ2n) is 11.1. The summed E-state index contributed by atoms with van der Waals surface area (Å²) in [5, 5.41) is 10.9. The largest absolute Gasteiger partial charge is 0.461 e. The van der Waals surface area contributed by atoms with E-state index >= 15 is 4.39 Å². The second kappa shape index (κ2) is 10.6. The lowest BCUT2D eigenvalue weighted by Crippen LogP contribution is -2.43. The fourth-order valence-electron chi connectivity index (χ4n) is 6.54. The van der Waals surface area contributed by atoms with Crippen molar-refractivity contribution < 1.29 is 27.8 Å². The Kier molecular flexibility index (Phi) is 7.05. The average molecular weight is 621 g/mol. The van der Waals surface area contributed by atoms with E-state index in [1.165, 1.54) is 12.1 Å². The van der Waals surface area contributed by atoms with Crippen molar-refractivity contribution in [2.24, 2.45) is 0 Å². The molecule has 3 N–H and O–H groups in total. The molecule has 2 aromatic heterocycles. The van der Waals surface area contributed by atoms with E-state index in [1.807, 2.05) is 0 Å². The van der Waals surface area contributed by atoms with E-state index in [2.05, 4.69) is 19.9 Å². The minimum absolute atomic E-state index is 0.00840. The van der Waals surface area contributed by atoms with Crippen LogP contribution in [0.5, 0.6) is 6.01 Å². The maximum absolute atomic E-state index is 16.6. The van der Waals surface area contributed by atoms with Crippen molar-refractivity contribution >= 4 is 55.0 Å². The molecule has 3 atom stereocenters. The standard InChI is InChI=1S/C28H28ClF3N6O3S/c29-18-8-17-22(21(32)20(18)16-2-3-19(31)24-23(16)34-26(33)42-24)35-27(36-25(17)37-6-7-40-12-15(39)11-37)41-13-28-4-1-5-38(28)10-14(30)9-28/h2-3,8,14-15,39H,1,4-7,9-13H2,(H2,33,34). The van der Waals surface area contributed by atoms with E-state index in [9.17, 15) is 13.9 Å². The molecule has 0 spiro atoms. The number of nitrogens with two attached hydrogens (primary N) is 1. The number of anilines is 2. The monoisotopic (exact) mass is 620 g/mol. The van der Waals surface area contributed by atoms with Crippen LogP contribution >= 0.6 is 22.9 Å². The number of nitrogens with zero attached hydrogens (tertiary/aromatic N) is 5. The topological polar surface area (TPSA) is 110 Å². The van der Waals surface area contributed by atoms with Crippen LogP contribution in [0.2, 0.25) is 5.02 Å². The molecule has 3 fully saturated rings. The Bertz CT molecular complexity index is 1690. The zero-order valence-electron chi connectivity index (χ0n) is 22.5. The van der Waals surface area contributed by atoms with Gasteiger partial charge in [-0.15, -0.1) is 0 Å². The van der Waals surface area contributed by atoms with Gasteiger partial charge in [0.1, 0.15) is 29.9 Å². The van der Waals surface area contributed by atoms with Crippen LogP contribution in [0, 0.1) is 11.6 Å². The molecule has 222 valence electrons. The molecule has 3 aliphatic heterocycles. The summed E-state index contributed by atoms with van der Waals surface area (Å²) in [5.41, 5.74) is 5.79. The summed E-state index contributed by atoms with van der Waals surface area (Å²) in [6.07, 6.45) is 0.351. The van der Waals surface area contributed by atoms with Crippen LogP contribution in [0.3, 0.4) is 0 Å². The average Bonchev–Trinajstić information content (AvgIpc) is 3.56. The Morgan fingerprint density at radius 3 is 2.90 bits per heavy atom. The van der Waals surface area contributed by atoms with Gasteiger partial charge in [-0.1, -0.05) is 22.9 Å². The summed E-state index contributed by atoms with van der Waals surface area (Å²) >= 11 is 7.67. The van der Waals surface area contributed by atoms with Crippen LogP contribution in [0.25, 0.3) is 32.2 Å².